The second-order valence-corrected chi connectivity index (χ2v) is 13.3. The predicted molar refractivity (Wildman–Crippen MR) is 153 cm³/mol. The van der Waals surface area contributed by atoms with Crippen LogP contribution in [0.1, 0.15) is 70.7 Å². The topological polar surface area (TPSA) is 8.29 Å². The van der Waals surface area contributed by atoms with Crippen molar-refractivity contribution in [3.05, 3.63) is 83.0 Å². The van der Waals surface area contributed by atoms with Gasteiger partial charge in [-0.25, -0.2) is 4.57 Å². The number of fused-ring (bicyclic) bond motifs is 3. The van der Waals surface area contributed by atoms with Crippen LogP contribution in [0.3, 0.4) is 0 Å². The fraction of sp³-hybridized carbons (Fsp3) is 0.382. The van der Waals surface area contributed by atoms with Gasteiger partial charge in [-0.05, 0) is 73.9 Å². The lowest BCUT2D eigenvalue weighted by Crippen LogP contribution is -2.63. The van der Waals surface area contributed by atoms with Gasteiger partial charge in [0.2, 0.25) is 0 Å². The summed E-state index contributed by atoms with van der Waals surface area (Å²) in [5.41, 5.74) is 10.9. The van der Waals surface area contributed by atoms with Crippen molar-refractivity contribution in [2.24, 2.45) is 5.41 Å². The number of nitrogens with zero attached hydrogens (tertiary/aromatic N) is 2. The first-order valence-electron chi connectivity index (χ1n) is 13.3. The number of hydrogen-bond acceptors (Lipinski definition) is 0. The van der Waals surface area contributed by atoms with E-state index < -0.39 is 0 Å². The molecule has 3 aromatic carbocycles. The van der Waals surface area contributed by atoms with E-state index >= 15 is 0 Å². The summed E-state index contributed by atoms with van der Waals surface area (Å²) in [4.78, 5) is 0. The Balaban J connectivity index is 1.88. The summed E-state index contributed by atoms with van der Waals surface area (Å²) >= 11 is 0. The highest BCUT2D eigenvalue weighted by Crippen LogP contribution is 2.48. The van der Waals surface area contributed by atoms with Crippen LogP contribution in [0.2, 0.25) is 0 Å². The number of rotatable bonds is 2. The molecule has 0 bridgehead atoms. The lowest BCUT2D eigenvalue weighted by Gasteiger charge is -2.42. The molecule has 2 nitrogen and oxygen atoms in total. The molecule has 184 valence electrons. The van der Waals surface area contributed by atoms with Crippen LogP contribution in [0.15, 0.2) is 60.8 Å². The van der Waals surface area contributed by atoms with Crippen molar-refractivity contribution in [2.45, 2.75) is 79.7 Å². The number of aryl methyl sites for hydroxylation is 2. The van der Waals surface area contributed by atoms with Gasteiger partial charge in [0.05, 0.1) is 5.39 Å². The highest BCUT2D eigenvalue weighted by atomic mass is 15.2. The van der Waals surface area contributed by atoms with Crippen LogP contribution in [0.4, 0.5) is 0 Å². The van der Waals surface area contributed by atoms with Gasteiger partial charge in [0.15, 0.2) is 5.69 Å². The molecular weight excluding hydrogens is 436 g/mol. The van der Waals surface area contributed by atoms with E-state index in [2.05, 4.69) is 132 Å². The van der Waals surface area contributed by atoms with E-state index in [1.165, 1.54) is 60.8 Å². The van der Waals surface area contributed by atoms with Crippen LogP contribution in [0.25, 0.3) is 38.6 Å². The van der Waals surface area contributed by atoms with Crippen molar-refractivity contribution in [1.82, 2.24) is 4.40 Å². The van der Waals surface area contributed by atoms with Crippen LogP contribution < -0.4 is 4.57 Å². The summed E-state index contributed by atoms with van der Waals surface area (Å²) in [5, 5.41) is 4.13. The van der Waals surface area contributed by atoms with Crippen LogP contribution in [-0.4, -0.2) is 4.40 Å². The molecular formula is C34H39N2+. The quantitative estimate of drug-likeness (QED) is 0.179. The Morgan fingerprint density at radius 2 is 1.50 bits per heavy atom. The minimum Gasteiger partial charge on any atom is -0.223 e. The molecule has 0 N–H and O–H groups in total. The van der Waals surface area contributed by atoms with Gasteiger partial charge < -0.3 is 0 Å². The average Bonchev–Trinajstić information content (AvgIpc) is 3.18. The summed E-state index contributed by atoms with van der Waals surface area (Å²) in [6.45, 7) is 21.1. The van der Waals surface area contributed by atoms with Crippen LogP contribution in [0.5, 0.6) is 0 Å². The molecule has 0 saturated carbocycles. The number of aromatic nitrogens is 2. The van der Waals surface area contributed by atoms with Gasteiger partial charge in [0, 0.05) is 21.8 Å². The molecule has 0 amide bonds. The Labute approximate surface area is 215 Å². The molecule has 0 spiro atoms. The first-order chi connectivity index (χ1) is 16.8. The first kappa shape index (κ1) is 23.3. The third kappa shape index (κ3) is 3.00. The lowest BCUT2D eigenvalue weighted by molar-refractivity contribution is -0.744. The zero-order chi connectivity index (χ0) is 25.8. The van der Waals surface area contributed by atoms with Crippen molar-refractivity contribution in [3.63, 3.8) is 0 Å². The molecule has 2 heteroatoms. The molecule has 0 atom stereocenters. The highest BCUT2D eigenvalue weighted by molar-refractivity contribution is 6.13. The van der Waals surface area contributed by atoms with E-state index in [9.17, 15) is 0 Å². The Bertz CT molecular complexity index is 1680. The molecule has 1 aliphatic heterocycles. The SMILES string of the molecule is Cc1cccc(C)c1-c1c[n+]2c3c4c(cccc4c4cc(CC(C)(C)C)ccc4n13)C(C)(C)C2(C)C. The third-order valence-electron chi connectivity index (χ3n) is 9.09. The van der Waals surface area contributed by atoms with Gasteiger partial charge in [-0.3, -0.25) is 0 Å². The summed E-state index contributed by atoms with van der Waals surface area (Å²) < 4.78 is 5.14. The number of benzene rings is 3. The van der Waals surface area contributed by atoms with E-state index in [0.29, 0.717) is 0 Å². The molecule has 6 rings (SSSR count). The maximum atomic E-state index is 2.58. The van der Waals surface area contributed by atoms with Crippen molar-refractivity contribution < 1.29 is 4.57 Å². The molecule has 1 aliphatic rings. The molecule has 0 aliphatic carbocycles. The number of hydrogen-bond donors (Lipinski definition) is 0. The van der Waals surface area contributed by atoms with Crippen LogP contribution >= 0.6 is 0 Å². The van der Waals surface area contributed by atoms with E-state index in [1.807, 2.05) is 0 Å². The smallest absolute Gasteiger partial charge is 0.223 e. The zero-order valence-corrected chi connectivity index (χ0v) is 23.4. The van der Waals surface area contributed by atoms with Gasteiger partial charge in [-0.15, -0.1) is 0 Å². The average molecular weight is 476 g/mol. The van der Waals surface area contributed by atoms with Gasteiger partial charge in [0.1, 0.15) is 17.3 Å². The van der Waals surface area contributed by atoms with E-state index in [4.69, 9.17) is 0 Å². The Kier molecular flexibility index (Phi) is 4.67. The first-order valence-corrected chi connectivity index (χ1v) is 13.3. The third-order valence-corrected chi connectivity index (χ3v) is 9.09. The molecule has 0 fully saturated rings. The van der Waals surface area contributed by atoms with Gasteiger partial charge >= 0.3 is 0 Å². The minimum absolute atomic E-state index is 0.0270. The number of imidazole rings is 1. The van der Waals surface area contributed by atoms with E-state index in [0.717, 1.165) is 6.42 Å². The zero-order valence-electron chi connectivity index (χ0n) is 23.4. The molecule has 0 radical (unpaired) electrons. The highest BCUT2D eigenvalue weighted by Gasteiger charge is 2.50. The fourth-order valence-electron chi connectivity index (χ4n) is 6.65. The summed E-state index contributed by atoms with van der Waals surface area (Å²) in [7, 11) is 0. The van der Waals surface area contributed by atoms with Gasteiger partial charge in [0.25, 0.3) is 5.65 Å². The normalized spacial score (nSPS) is 16.5. The van der Waals surface area contributed by atoms with Crippen molar-refractivity contribution >= 4 is 27.3 Å². The summed E-state index contributed by atoms with van der Waals surface area (Å²) in [6.07, 6.45) is 3.50. The maximum Gasteiger partial charge on any atom is 0.296 e. The standard InChI is InChI=1S/C34H39N2/c1-21-12-10-13-22(2)29(21)28-20-35-31-30-24(14-11-15-26(30)33(6,7)34(35,8)9)25-18-23(19-32(3,4)5)16-17-27(25)36(28)31/h10-18,20H,19H2,1-9H3/q+1. The Morgan fingerprint density at radius 1 is 0.833 bits per heavy atom. The fourth-order valence-corrected chi connectivity index (χ4v) is 6.65. The van der Waals surface area contributed by atoms with Gasteiger partial charge in [-0.1, -0.05) is 77.1 Å². The molecule has 0 unspecified atom stereocenters. The molecule has 3 heterocycles. The second-order valence-electron chi connectivity index (χ2n) is 13.3. The van der Waals surface area contributed by atoms with E-state index in [-0.39, 0.29) is 16.4 Å². The second kappa shape index (κ2) is 7.22. The molecule has 5 aromatic rings. The minimum atomic E-state index is -0.0891. The lowest BCUT2D eigenvalue weighted by atomic mass is 9.66. The van der Waals surface area contributed by atoms with Crippen LogP contribution in [0, 0.1) is 19.3 Å². The Morgan fingerprint density at radius 3 is 2.17 bits per heavy atom. The van der Waals surface area contributed by atoms with Crippen molar-refractivity contribution in [3.8, 4) is 11.3 Å². The van der Waals surface area contributed by atoms with Crippen LogP contribution in [-0.2, 0) is 17.4 Å². The summed E-state index contributed by atoms with van der Waals surface area (Å²) in [5.74, 6) is 0. The van der Waals surface area contributed by atoms with Crippen molar-refractivity contribution in [2.75, 3.05) is 0 Å². The number of pyridine rings is 1. The van der Waals surface area contributed by atoms with Crippen molar-refractivity contribution in [1.29, 1.82) is 0 Å². The Hall–Kier alpha value is -3.13. The monoisotopic (exact) mass is 475 g/mol. The molecule has 36 heavy (non-hydrogen) atoms. The predicted octanol–water partition coefficient (Wildman–Crippen LogP) is 8.43. The summed E-state index contributed by atoms with van der Waals surface area (Å²) in [6, 6.07) is 20.8. The molecule has 0 saturated heterocycles. The largest absolute Gasteiger partial charge is 0.296 e. The van der Waals surface area contributed by atoms with E-state index in [1.54, 1.807) is 0 Å². The molecule has 2 aromatic heterocycles. The van der Waals surface area contributed by atoms with Gasteiger partial charge in [-0.2, -0.15) is 4.40 Å². The maximum absolute atomic E-state index is 2.58.